The fraction of sp³-hybridized carbons (Fsp3) is 0.273. The highest BCUT2D eigenvalue weighted by Crippen LogP contribution is 2.35. The number of halogens is 3. The van der Waals surface area contributed by atoms with Crippen LogP contribution in [0, 0.1) is 6.92 Å². The molecule has 1 atom stereocenters. The summed E-state index contributed by atoms with van der Waals surface area (Å²) in [7, 11) is -3.45. The van der Waals surface area contributed by atoms with Crippen LogP contribution >= 0.6 is 0 Å². The minimum atomic E-state index is -4.51. The van der Waals surface area contributed by atoms with Crippen LogP contribution in [-0.4, -0.2) is 36.4 Å². The van der Waals surface area contributed by atoms with E-state index in [1.165, 1.54) is 27.2 Å². The van der Waals surface area contributed by atoms with Crippen LogP contribution < -0.4 is 9.62 Å². The first-order chi connectivity index (χ1) is 15.3. The Labute approximate surface area is 188 Å². The lowest BCUT2D eigenvalue weighted by molar-refractivity contribution is -0.137. The monoisotopic (exact) mass is 478 g/mol. The van der Waals surface area contributed by atoms with Crippen LogP contribution in [0.1, 0.15) is 34.1 Å². The summed E-state index contributed by atoms with van der Waals surface area (Å²) in [5.41, 5.74) is 1.39. The molecule has 7 nitrogen and oxygen atoms in total. The minimum Gasteiger partial charge on any atom is -0.306 e. The van der Waals surface area contributed by atoms with E-state index in [9.17, 15) is 26.4 Å². The number of anilines is 2. The third-order valence-corrected chi connectivity index (χ3v) is 6.61. The number of amides is 1. The zero-order valence-corrected chi connectivity index (χ0v) is 18.8. The number of carbonyl (C=O) groups is 1. The maximum absolute atomic E-state index is 13.1. The van der Waals surface area contributed by atoms with Crippen molar-refractivity contribution < 1.29 is 26.4 Å². The Hall–Kier alpha value is -3.34. The lowest BCUT2D eigenvalue weighted by Crippen LogP contribution is -2.34. The quantitative estimate of drug-likeness (QED) is 0.610. The number of nitrogens with zero attached hydrogens (tertiary/aromatic N) is 3. The summed E-state index contributed by atoms with van der Waals surface area (Å²) in [4.78, 5) is 12.9. The van der Waals surface area contributed by atoms with Gasteiger partial charge in [0.05, 0.1) is 28.9 Å². The smallest absolute Gasteiger partial charge is 0.306 e. The molecule has 1 aliphatic rings. The summed E-state index contributed by atoms with van der Waals surface area (Å²) >= 11 is 0. The number of fused-ring (bicyclic) bond motifs is 1. The van der Waals surface area contributed by atoms with E-state index in [0.717, 1.165) is 24.0 Å². The van der Waals surface area contributed by atoms with Gasteiger partial charge in [-0.25, -0.2) is 13.1 Å². The number of benzene rings is 2. The maximum atomic E-state index is 13.1. The van der Waals surface area contributed by atoms with Crippen LogP contribution in [0.15, 0.2) is 48.5 Å². The fourth-order valence-corrected chi connectivity index (χ4v) is 5.30. The molecule has 33 heavy (non-hydrogen) atoms. The van der Waals surface area contributed by atoms with Crippen molar-refractivity contribution in [2.75, 3.05) is 15.9 Å². The molecule has 1 unspecified atom stereocenters. The van der Waals surface area contributed by atoms with Gasteiger partial charge in [0.2, 0.25) is 10.0 Å². The lowest BCUT2D eigenvalue weighted by atomic mass is 10.1. The Kier molecular flexibility index (Phi) is 5.47. The van der Waals surface area contributed by atoms with E-state index in [-0.39, 0.29) is 17.5 Å². The molecular formula is C22H21F3N4O3S. The van der Waals surface area contributed by atoms with Gasteiger partial charge in [-0.2, -0.15) is 18.3 Å². The molecule has 0 radical (unpaired) electrons. The number of hydrogen-bond donors (Lipinski definition) is 1. The molecule has 2 heterocycles. The minimum absolute atomic E-state index is 0.153. The molecule has 1 aromatic heterocycles. The molecule has 0 aliphatic carbocycles. The molecule has 4 rings (SSSR count). The van der Waals surface area contributed by atoms with Crippen LogP contribution in [0.5, 0.6) is 0 Å². The molecule has 2 aromatic carbocycles. The maximum Gasteiger partial charge on any atom is 0.416 e. The second-order valence-corrected chi connectivity index (χ2v) is 9.90. The summed E-state index contributed by atoms with van der Waals surface area (Å²) in [6.07, 6.45) is -2.91. The van der Waals surface area contributed by atoms with Gasteiger partial charge in [0, 0.05) is 17.7 Å². The first-order valence-electron chi connectivity index (χ1n) is 10.0. The van der Waals surface area contributed by atoms with Gasteiger partial charge in [-0.3, -0.25) is 9.10 Å². The van der Waals surface area contributed by atoms with Crippen molar-refractivity contribution in [3.63, 3.8) is 0 Å². The number of sulfonamides is 1. The second kappa shape index (κ2) is 7.91. The molecule has 0 saturated carbocycles. The Morgan fingerprint density at radius 3 is 2.55 bits per heavy atom. The normalized spacial score (nSPS) is 16.1. The molecule has 174 valence electrons. The standard InChI is InChI=1S/C22H21F3N4O3S/c1-13-9-20(28(27-13)18-6-4-5-17(12-18)22(23,24)25)26-21(30)15-7-8-19-16(11-15)10-14(2)29(19)33(3,31)32/h4-9,11-12,14H,10H2,1-3H3,(H,26,30). The van der Waals surface area contributed by atoms with Crippen molar-refractivity contribution in [1.82, 2.24) is 9.78 Å². The van der Waals surface area contributed by atoms with E-state index in [1.807, 2.05) is 0 Å². The zero-order valence-electron chi connectivity index (χ0n) is 18.0. The molecule has 0 fully saturated rings. The highest BCUT2D eigenvalue weighted by molar-refractivity contribution is 7.92. The van der Waals surface area contributed by atoms with Crippen molar-refractivity contribution in [3.05, 3.63) is 70.9 Å². The van der Waals surface area contributed by atoms with Crippen LogP contribution in [0.4, 0.5) is 24.7 Å². The molecule has 1 N–H and O–H groups in total. The summed E-state index contributed by atoms with van der Waals surface area (Å²) < 4.78 is 66.1. The Balaban J connectivity index is 1.64. The van der Waals surface area contributed by atoms with Crippen LogP contribution in [-0.2, 0) is 22.6 Å². The van der Waals surface area contributed by atoms with E-state index in [2.05, 4.69) is 10.4 Å². The number of carbonyl (C=O) groups excluding carboxylic acids is 1. The topological polar surface area (TPSA) is 84.3 Å². The first kappa shape index (κ1) is 22.8. The van der Waals surface area contributed by atoms with Gasteiger partial charge in [0.15, 0.2) is 0 Å². The van der Waals surface area contributed by atoms with Crippen molar-refractivity contribution >= 4 is 27.4 Å². The Morgan fingerprint density at radius 1 is 1.15 bits per heavy atom. The number of aromatic nitrogens is 2. The molecule has 0 spiro atoms. The van der Waals surface area contributed by atoms with Gasteiger partial charge in [-0.15, -0.1) is 0 Å². The third-order valence-electron chi connectivity index (χ3n) is 5.34. The number of alkyl halides is 3. The van der Waals surface area contributed by atoms with E-state index in [1.54, 1.807) is 32.0 Å². The average Bonchev–Trinajstić information content (AvgIpc) is 3.24. The van der Waals surface area contributed by atoms with Crippen LogP contribution in [0.2, 0.25) is 0 Å². The zero-order chi connectivity index (χ0) is 24.1. The predicted molar refractivity (Wildman–Crippen MR) is 118 cm³/mol. The van der Waals surface area contributed by atoms with Crippen LogP contribution in [0.3, 0.4) is 0 Å². The molecule has 0 saturated heterocycles. The van der Waals surface area contributed by atoms with Gasteiger partial charge in [0.25, 0.3) is 5.91 Å². The van der Waals surface area contributed by atoms with E-state index in [4.69, 9.17) is 0 Å². The predicted octanol–water partition coefficient (Wildman–Crippen LogP) is 4.16. The Morgan fingerprint density at radius 2 is 1.88 bits per heavy atom. The molecule has 1 aliphatic heterocycles. The van der Waals surface area contributed by atoms with Crippen molar-refractivity contribution in [2.45, 2.75) is 32.5 Å². The summed E-state index contributed by atoms with van der Waals surface area (Å²) in [6, 6.07) is 10.7. The van der Waals surface area contributed by atoms with E-state index in [0.29, 0.717) is 23.4 Å². The summed E-state index contributed by atoms with van der Waals surface area (Å²) in [6.45, 7) is 3.45. The van der Waals surface area contributed by atoms with Crippen molar-refractivity contribution in [2.24, 2.45) is 0 Å². The first-order valence-corrected chi connectivity index (χ1v) is 11.9. The average molecular weight is 478 g/mol. The third kappa shape index (κ3) is 4.45. The van der Waals surface area contributed by atoms with Gasteiger partial charge in [-0.1, -0.05) is 6.07 Å². The SMILES string of the molecule is Cc1cc(NC(=O)c2ccc3c(c2)CC(C)N3S(C)(=O)=O)n(-c2cccc(C(F)(F)F)c2)n1. The Bertz CT molecular complexity index is 1350. The fourth-order valence-electron chi connectivity index (χ4n) is 4.04. The van der Waals surface area contributed by atoms with Gasteiger partial charge in [0.1, 0.15) is 5.82 Å². The molecule has 11 heteroatoms. The van der Waals surface area contributed by atoms with Crippen LogP contribution in [0.25, 0.3) is 5.69 Å². The van der Waals surface area contributed by atoms with Gasteiger partial charge < -0.3 is 5.32 Å². The van der Waals surface area contributed by atoms with Gasteiger partial charge >= 0.3 is 6.18 Å². The summed E-state index contributed by atoms with van der Waals surface area (Å²) in [5, 5.41) is 6.91. The second-order valence-electron chi connectivity index (χ2n) is 8.04. The number of nitrogens with one attached hydrogen (secondary N) is 1. The van der Waals surface area contributed by atoms with E-state index >= 15 is 0 Å². The number of hydrogen-bond acceptors (Lipinski definition) is 4. The number of rotatable bonds is 4. The molecule has 3 aromatic rings. The molecule has 1 amide bonds. The molecular weight excluding hydrogens is 457 g/mol. The number of aryl methyl sites for hydroxylation is 1. The largest absolute Gasteiger partial charge is 0.416 e. The van der Waals surface area contributed by atoms with Gasteiger partial charge in [-0.05, 0) is 62.2 Å². The summed E-state index contributed by atoms with van der Waals surface area (Å²) in [5.74, 6) is -0.278. The van der Waals surface area contributed by atoms with E-state index < -0.39 is 27.7 Å². The highest BCUT2D eigenvalue weighted by atomic mass is 32.2. The molecule has 0 bridgehead atoms. The van der Waals surface area contributed by atoms with Crippen molar-refractivity contribution in [1.29, 1.82) is 0 Å². The highest BCUT2D eigenvalue weighted by Gasteiger charge is 2.33. The lowest BCUT2D eigenvalue weighted by Gasteiger charge is -2.21. The van der Waals surface area contributed by atoms with Crippen molar-refractivity contribution in [3.8, 4) is 5.69 Å².